The largest absolute Gasteiger partial charge is 0.335 e. The fraction of sp³-hybridized carbons (Fsp3) is 0.524. The van der Waals surface area contributed by atoms with Gasteiger partial charge in [-0.25, -0.2) is 0 Å². The number of hydrogen-bond donors (Lipinski definition) is 0. The van der Waals surface area contributed by atoms with Crippen LogP contribution >= 0.6 is 0 Å². The number of carbonyl (C=O) groups is 1. The molecule has 0 N–H and O–H groups in total. The summed E-state index contributed by atoms with van der Waals surface area (Å²) in [5, 5.41) is 4.47. The van der Waals surface area contributed by atoms with Gasteiger partial charge in [-0.15, -0.1) is 0 Å². The molecule has 1 atom stereocenters. The lowest BCUT2D eigenvalue weighted by Crippen LogP contribution is -2.49. The van der Waals surface area contributed by atoms with E-state index in [2.05, 4.69) is 62.0 Å². The van der Waals surface area contributed by atoms with Gasteiger partial charge in [0, 0.05) is 39.3 Å². The summed E-state index contributed by atoms with van der Waals surface area (Å²) in [5.41, 5.74) is 4.29. The van der Waals surface area contributed by atoms with Crippen molar-refractivity contribution in [3.8, 4) is 0 Å². The molecular formula is C21H30N4O. The summed E-state index contributed by atoms with van der Waals surface area (Å²) in [6.45, 7) is 11.9. The number of piperazine rings is 1. The van der Waals surface area contributed by atoms with Crippen molar-refractivity contribution >= 4 is 5.91 Å². The Morgan fingerprint density at radius 1 is 1.04 bits per heavy atom. The molecule has 0 spiro atoms. The molecule has 1 aromatic carbocycles. The average Bonchev–Trinajstić information content (AvgIpc) is 3.03. The van der Waals surface area contributed by atoms with Crippen molar-refractivity contribution in [2.45, 2.75) is 39.7 Å². The number of nitrogens with zero attached hydrogens (tertiary/aromatic N) is 4. The Balaban J connectivity index is 1.63. The van der Waals surface area contributed by atoms with E-state index in [1.165, 1.54) is 11.1 Å². The summed E-state index contributed by atoms with van der Waals surface area (Å²) in [5.74, 6) is 0.421. The maximum absolute atomic E-state index is 12.9. The zero-order valence-electron chi connectivity index (χ0n) is 16.6. The summed E-state index contributed by atoms with van der Waals surface area (Å²) in [6, 6.07) is 11.1. The molecule has 1 saturated heterocycles. The molecule has 1 unspecified atom stereocenters. The van der Waals surface area contributed by atoms with Crippen LogP contribution in [0.1, 0.15) is 60.0 Å². The number of amides is 1. The zero-order valence-corrected chi connectivity index (χ0v) is 16.6. The fourth-order valence-electron chi connectivity index (χ4n) is 3.50. The summed E-state index contributed by atoms with van der Waals surface area (Å²) < 4.78 is 1.72. The van der Waals surface area contributed by atoms with Crippen LogP contribution in [0.25, 0.3) is 0 Å². The van der Waals surface area contributed by atoms with Crippen LogP contribution in [0.5, 0.6) is 0 Å². The van der Waals surface area contributed by atoms with Gasteiger partial charge in [-0.05, 0) is 31.4 Å². The summed E-state index contributed by atoms with van der Waals surface area (Å²) >= 11 is 0. The molecule has 1 fully saturated rings. The standard InChI is InChI=1S/C21H30N4O/c1-15(2)19-14-20(23(5)22-19)21(26)25-12-10-24(11-13-25)17(4)18-8-6-16(3)7-9-18/h6-9,14-15,17H,10-13H2,1-5H3. The molecule has 0 bridgehead atoms. The van der Waals surface area contributed by atoms with Crippen molar-refractivity contribution in [1.82, 2.24) is 19.6 Å². The monoisotopic (exact) mass is 354 g/mol. The van der Waals surface area contributed by atoms with E-state index < -0.39 is 0 Å². The minimum atomic E-state index is 0.0922. The van der Waals surface area contributed by atoms with Gasteiger partial charge in [0.15, 0.2) is 0 Å². The predicted molar refractivity (Wildman–Crippen MR) is 104 cm³/mol. The highest BCUT2D eigenvalue weighted by atomic mass is 16.2. The van der Waals surface area contributed by atoms with Crippen molar-refractivity contribution in [1.29, 1.82) is 0 Å². The normalized spacial score (nSPS) is 16.9. The smallest absolute Gasteiger partial charge is 0.272 e. The molecule has 2 heterocycles. The van der Waals surface area contributed by atoms with Crippen molar-refractivity contribution in [2.24, 2.45) is 7.05 Å². The van der Waals surface area contributed by atoms with Gasteiger partial charge >= 0.3 is 0 Å². The van der Waals surface area contributed by atoms with Crippen LogP contribution in [0.3, 0.4) is 0 Å². The number of rotatable bonds is 4. The topological polar surface area (TPSA) is 41.4 Å². The van der Waals surface area contributed by atoms with Crippen molar-refractivity contribution < 1.29 is 4.79 Å². The maximum atomic E-state index is 12.9. The van der Waals surface area contributed by atoms with Crippen molar-refractivity contribution in [3.05, 3.63) is 52.8 Å². The lowest BCUT2D eigenvalue weighted by molar-refractivity contribution is 0.0572. The van der Waals surface area contributed by atoms with E-state index in [9.17, 15) is 4.79 Å². The van der Waals surface area contributed by atoms with E-state index in [-0.39, 0.29) is 5.91 Å². The average molecular weight is 354 g/mol. The molecule has 3 rings (SSSR count). The zero-order chi connectivity index (χ0) is 18.8. The Morgan fingerprint density at radius 2 is 1.65 bits per heavy atom. The Bertz CT molecular complexity index is 755. The molecular weight excluding hydrogens is 324 g/mol. The molecule has 0 saturated carbocycles. The Labute approximate surface area is 156 Å². The van der Waals surface area contributed by atoms with Crippen molar-refractivity contribution in [3.63, 3.8) is 0 Å². The van der Waals surface area contributed by atoms with Crippen LogP contribution in [0.2, 0.25) is 0 Å². The first-order valence-corrected chi connectivity index (χ1v) is 9.50. The molecule has 1 aliphatic rings. The van der Waals surface area contributed by atoms with Crippen LogP contribution in [0.4, 0.5) is 0 Å². The third-order valence-corrected chi connectivity index (χ3v) is 5.42. The molecule has 0 radical (unpaired) electrons. The van der Waals surface area contributed by atoms with Crippen LogP contribution in [0.15, 0.2) is 30.3 Å². The Morgan fingerprint density at radius 3 is 2.19 bits per heavy atom. The number of aryl methyl sites for hydroxylation is 2. The van der Waals surface area contributed by atoms with E-state index in [0.717, 1.165) is 31.9 Å². The molecule has 2 aromatic rings. The van der Waals surface area contributed by atoms with Gasteiger partial charge < -0.3 is 4.90 Å². The minimum Gasteiger partial charge on any atom is -0.335 e. The SMILES string of the molecule is Cc1ccc(C(C)N2CCN(C(=O)c3cc(C(C)C)nn3C)CC2)cc1. The number of aromatic nitrogens is 2. The van der Waals surface area contributed by atoms with Gasteiger partial charge in [0.05, 0.1) is 5.69 Å². The summed E-state index contributed by atoms with van der Waals surface area (Å²) in [4.78, 5) is 17.3. The highest BCUT2D eigenvalue weighted by Crippen LogP contribution is 2.23. The number of hydrogen-bond acceptors (Lipinski definition) is 3. The second kappa shape index (κ2) is 7.62. The first kappa shape index (κ1) is 18.6. The molecule has 1 aromatic heterocycles. The van der Waals surface area contributed by atoms with Gasteiger partial charge in [-0.3, -0.25) is 14.4 Å². The second-order valence-corrected chi connectivity index (χ2v) is 7.65. The second-order valence-electron chi connectivity index (χ2n) is 7.65. The van der Waals surface area contributed by atoms with E-state index in [1.807, 2.05) is 18.0 Å². The highest BCUT2D eigenvalue weighted by molar-refractivity contribution is 5.92. The molecule has 26 heavy (non-hydrogen) atoms. The molecule has 140 valence electrons. The van der Waals surface area contributed by atoms with Crippen LogP contribution in [0, 0.1) is 6.92 Å². The Kier molecular flexibility index (Phi) is 5.47. The fourth-order valence-corrected chi connectivity index (χ4v) is 3.50. The van der Waals surface area contributed by atoms with E-state index in [1.54, 1.807) is 4.68 Å². The number of carbonyl (C=O) groups excluding carboxylic acids is 1. The van der Waals surface area contributed by atoms with E-state index in [0.29, 0.717) is 17.7 Å². The predicted octanol–water partition coefficient (Wildman–Crippen LogP) is 3.37. The summed E-state index contributed by atoms with van der Waals surface area (Å²) in [7, 11) is 1.86. The molecule has 5 nitrogen and oxygen atoms in total. The molecule has 5 heteroatoms. The van der Waals surface area contributed by atoms with E-state index in [4.69, 9.17) is 0 Å². The van der Waals surface area contributed by atoms with Gasteiger partial charge in [0.25, 0.3) is 5.91 Å². The van der Waals surface area contributed by atoms with Crippen LogP contribution < -0.4 is 0 Å². The third-order valence-electron chi connectivity index (χ3n) is 5.42. The van der Waals surface area contributed by atoms with Crippen LogP contribution in [-0.4, -0.2) is 51.7 Å². The maximum Gasteiger partial charge on any atom is 0.272 e. The Hall–Kier alpha value is -2.14. The quantitative estimate of drug-likeness (QED) is 0.845. The van der Waals surface area contributed by atoms with Gasteiger partial charge in [0.1, 0.15) is 5.69 Å². The first-order chi connectivity index (χ1) is 12.4. The van der Waals surface area contributed by atoms with Gasteiger partial charge in [-0.2, -0.15) is 5.10 Å². The van der Waals surface area contributed by atoms with Gasteiger partial charge in [0.2, 0.25) is 0 Å². The molecule has 1 amide bonds. The van der Waals surface area contributed by atoms with E-state index >= 15 is 0 Å². The molecule has 1 aliphatic heterocycles. The third kappa shape index (κ3) is 3.83. The highest BCUT2D eigenvalue weighted by Gasteiger charge is 2.27. The lowest BCUT2D eigenvalue weighted by Gasteiger charge is -2.38. The number of benzene rings is 1. The minimum absolute atomic E-state index is 0.0922. The van der Waals surface area contributed by atoms with Crippen LogP contribution in [-0.2, 0) is 7.05 Å². The molecule has 0 aliphatic carbocycles. The first-order valence-electron chi connectivity index (χ1n) is 9.50. The van der Waals surface area contributed by atoms with Gasteiger partial charge in [-0.1, -0.05) is 43.7 Å². The van der Waals surface area contributed by atoms with Crippen molar-refractivity contribution in [2.75, 3.05) is 26.2 Å². The lowest BCUT2D eigenvalue weighted by atomic mass is 10.0. The summed E-state index contributed by atoms with van der Waals surface area (Å²) in [6.07, 6.45) is 0.